The van der Waals surface area contributed by atoms with E-state index in [2.05, 4.69) is 26.4 Å². The predicted octanol–water partition coefficient (Wildman–Crippen LogP) is 4.99. The van der Waals surface area contributed by atoms with Crippen molar-refractivity contribution in [3.8, 4) is 21.8 Å². The van der Waals surface area contributed by atoms with Gasteiger partial charge in [0.15, 0.2) is 0 Å². The molecule has 0 unspecified atom stereocenters. The van der Waals surface area contributed by atoms with Crippen LogP contribution in [0.3, 0.4) is 0 Å². The van der Waals surface area contributed by atoms with Crippen LogP contribution in [0.5, 0.6) is 0 Å². The molecule has 0 radical (unpaired) electrons. The van der Waals surface area contributed by atoms with E-state index in [-0.39, 0.29) is 0 Å². The van der Waals surface area contributed by atoms with Gasteiger partial charge >= 0.3 is 0 Å². The Morgan fingerprint density at radius 3 is 3.03 bits per heavy atom. The molecule has 1 aliphatic carbocycles. The quantitative estimate of drug-likeness (QED) is 0.434. The first-order valence-electron chi connectivity index (χ1n) is 9.36. The standard InChI is InChI=1S/C22H16N4OS2/c27-22(7-6-18-19(22)25-12-29-18)14-4-1-3-13(9-14)21-26-17(11-28-21)16-10-24-20-15(16)5-2-8-23-20/h1-5,8-12,27H,6-7H2,(H,23,24)/t22-/m0/s1. The first-order valence-corrected chi connectivity index (χ1v) is 11.1. The third kappa shape index (κ3) is 2.58. The Balaban J connectivity index is 1.40. The minimum absolute atomic E-state index is 0.677. The number of aliphatic hydroxyl groups is 1. The highest BCUT2D eigenvalue weighted by Crippen LogP contribution is 2.43. The summed E-state index contributed by atoms with van der Waals surface area (Å²) in [5.41, 5.74) is 6.36. The minimum Gasteiger partial charge on any atom is -0.379 e. The van der Waals surface area contributed by atoms with Crippen LogP contribution in [0.2, 0.25) is 0 Å². The summed E-state index contributed by atoms with van der Waals surface area (Å²) in [6.45, 7) is 0. The van der Waals surface area contributed by atoms with Crippen LogP contribution in [0, 0.1) is 0 Å². The molecule has 0 spiro atoms. The van der Waals surface area contributed by atoms with E-state index < -0.39 is 5.60 Å². The Morgan fingerprint density at radius 1 is 1.10 bits per heavy atom. The predicted molar refractivity (Wildman–Crippen MR) is 116 cm³/mol. The highest BCUT2D eigenvalue weighted by Gasteiger charge is 2.41. The molecule has 5 aromatic rings. The molecule has 0 amide bonds. The molecule has 5 nitrogen and oxygen atoms in total. The van der Waals surface area contributed by atoms with Crippen molar-refractivity contribution >= 4 is 33.7 Å². The van der Waals surface area contributed by atoms with E-state index in [1.165, 1.54) is 4.88 Å². The zero-order chi connectivity index (χ0) is 19.4. The fourth-order valence-electron chi connectivity index (χ4n) is 4.09. The van der Waals surface area contributed by atoms with Gasteiger partial charge in [-0.2, -0.15) is 0 Å². The molecule has 2 N–H and O–H groups in total. The molecule has 6 rings (SSSR count). The van der Waals surface area contributed by atoms with Gasteiger partial charge in [-0.1, -0.05) is 18.2 Å². The number of H-pyrrole nitrogens is 1. The van der Waals surface area contributed by atoms with E-state index in [9.17, 15) is 5.11 Å². The van der Waals surface area contributed by atoms with Gasteiger partial charge in [0.25, 0.3) is 0 Å². The first-order chi connectivity index (χ1) is 14.2. The summed E-state index contributed by atoms with van der Waals surface area (Å²) in [7, 11) is 0. The molecule has 1 atom stereocenters. The number of benzene rings is 1. The van der Waals surface area contributed by atoms with Crippen LogP contribution >= 0.6 is 22.7 Å². The number of hydrogen-bond acceptors (Lipinski definition) is 6. The second-order valence-electron chi connectivity index (χ2n) is 7.21. The summed E-state index contributed by atoms with van der Waals surface area (Å²) in [5, 5.41) is 15.4. The molecule has 29 heavy (non-hydrogen) atoms. The molecule has 0 saturated heterocycles. The summed E-state index contributed by atoms with van der Waals surface area (Å²) >= 11 is 3.23. The lowest BCUT2D eigenvalue weighted by Gasteiger charge is -2.23. The number of rotatable bonds is 3. The summed E-state index contributed by atoms with van der Waals surface area (Å²) in [6, 6.07) is 12.1. The highest BCUT2D eigenvalue weighted by atomic mass is 32.1. The smallest absolute Gasteiger partial charge is 0.137 e. The number of fused-ring (bicyclic) bond motifs is 2. The second kappa shape index (κ2) is 6.32. The number of aromatic amines is 1. The zero-order valence-corrected chi connectivity index (χ0v) is 16.9. The lowest BCUT2D eigenvalue weighted by molar-refractivity contribution is 0.0790. The van der Waals surface area contributed by atoms with Crippen LogP contribution < -0.4 is 0 Å². The topological polar surface area (TPSA) is 74.7 Å². The normalized spacial score (nSPS) is 18.4. The van der Waals surface area contributed by atoms with Gasteiger partial charge < -0.3 is 10.1 Å². The maximum atomic E-state index is 11.4. The maximum Gasteiger partial charge on any atom is 0.137 e. The van der Waals surface area contributed by atoms with Crippen molar-refractivity contribution in [2.24, 2.45) is 0 Å². The zero-order valence-electron chi connectivity index (χ0n) is 15.3. The van der Waals surface area contributed by atoms with Gasteiger partial charge in [0, 0.05) is 39.2 Å². The Morgan fingerprint density at radius 2 is 2.07 bits per heavy atom. The second-order valence-corrected chi connectivity index (χ2v) is 9.00. The average molecular weight is 417 g/mol. The lowest BCUT2D eigenvalue weighted by Crippen LogP contribution is -2.24. The molecule has 0 aliphatic heterocycles. The molecule has 4 aromatic heterocycles. The molecule has 4 heterocycles. The molecule has 0 saturated carbocycles. The summed E-state index contributed by atoms with van der Waals surface area (Å²) in [6.07, 6.45) is 5.29. The number of hydrogen-bond donors (Lipinski definition) is 2. The van der Waals surface area contributed by atoms with Crippen molar-refractivity contribution in [1.82, 2.24) is 19.9 Å². The monoisotopic (exact) mass is 416 g/mol. The third-order valence-electron chi connectivity index (χ3n) is 5.56. The molecular weight excluding hydrogens is 400 g/mol. The van der Waals surface area contributed by atoms with Crippen LogP contribution in [0.4, 0.5) is 0 Å². The van der Waals surface area contributed by atoms with Gasteiger partial charge in [-0.3, -0.25) is 0 Å². The van der Waals surface area contributed by atoms with Crippen LogP contribution in [-0.2, 0) is 12.0 Å². The van der Waals surface area contributed by atoms with Crippen LogP contribution in [0.1, 0.15) is 22.6 Å². The largest absolute Gasteiger partial charge is 0.379 e. The van der Waals surface area contributed by atoms with E-state index in [4.69, 9.17) is 4.98 Å². The van der Waals surface area contributed by atoms with Crippen molar-refractivity contribution in [3.05, 3.63) is 75.8 Å². The van der Waals surface area contributed by atoms with Gasteiger partial charge in [0.05, 0.1) is 16.9 Å². The fourth-order valence-corrected chi connectivity index (χ4v) is 5.74. The van der Waals surface area contributed by atoms with E-state index >= 15 is 0 Å². The Bertz CT molecular complexity index is 1350. The SMILES string of the molecule is O[C@]1(c2cccc(-c3nc(-c4c[nH]c5ncccc45)cs3)c2)CCc2scnc21. The Hall–Kier alpha value is -2.87. The van der Waals surface area contributed by atoms with Crippen molar-refractivity contribution < 1.29 is 5.11 Å². The van der Waals surface area contributed by atoms with Crippen molar-refractivity contribution in [2.45, 2.75) is 18.4 Å². The molecule has 142 valence electrons. The molecule has 0 bridgehead atoms. The van der Waals surface area contributed by atoms with Crippen molar-refractivity contribution in [3.63, 3.8) is 0 Å². The minimum atomic E-state index is -1.01. The number of nitrogens with one attached hydrogen (secondary N) is 1. The van der Waals surface area contributed by atoms with Gasteiger partial charge in [0.1, 0.15) is 16.3 Å². The number of nitrogens with zero attached hydrogens (tertiary/aromatic N) is 3. The number of pyridine rings is 1. The molecule has 1 aromatic carbocycles. The Labute approximate surface area is 174 Å². The van der Waals surface area contributed by atoms with Gasteiger partial charge in [-0.05, 0) is 36.6 Å². The van der Waals surface area contributed by atoms with Crippen LogP contribution in [0.25, 0.3) is 32.9 Å². The number of thiazole rings is 2. The maximum absolute atomic E-state index is 11.4. The molecular formula is C22H16N4OS2. The van der Waals surface area contributed by atoms with E-state index in [0.29, 0.717) is 6.42 Å². The number of aromatic nitrogens is 4. The van der Waals surface area contributed by atoms with Crippen LogP contribution in [0.15, 0.2) is 59.7 Å². The van der Waals surface area contributed by atoms with Gasteiger partial charge in [-0.15, -0.1) is 22.7 Å². The van der Waals surface area contributed by atoms with E-state index in [0.717, 1.165) is 50.5 Å². The van der Waals surface area contributed by atoms with Crippen molar-refractivity contribution in [1.29, 1.82) is 0 Å². The van der Waals surface area contributed by atoms with Crippen LogP contribution in [-0.4, -0.2) is 25.0 Å². The molecule has 7 heteroatoms. The molecule has 1 aliphatic rings. The van der Waals surface area contributed by atoms with E-state index in [1.807, 2.05) is 42.0 Å². The highest BCUT2D eigenvalue weighted by molar-refractivity contribution is 7.13. The van der Waals surface area contributed by atoms with E-state index in [1.54, 1.807) is 28.9 Å². The summed E-state index contributed by atoms with van der Waals surface area (Å²) < 4.78 is 0. The molecule has 0 fully saturated rings. The lowest BCUT2D eigenvalue weighted by atomic mass is 9.90. The first kappa shape index (κ1) is 17.0. The van der Waals surface area contributed by atoms with Gasteiger partial charge in [0.2, 0.25) is 0 Å². The summed E-state index contributed by atoms with van der Waals surface area (Å²) in [4.78, 5) is 18.1. The fraction of sp³-hybridized carbons (Fsp3) is 0.136. The third-order valence-corrected chi connectivity index (χ3v) is 7.35. The van der Waals surface area contributed by atoms with Crippen molar-refractivity contribution in [2.75, 3.05) is 0 Å². The Kier molecular flexibility index (Phi) is 3.71. The summed E-state index contributed by atoms with van der Waals surface area (Å²) in [5.74, 6) is 0. The van der Waals surface area contributed by atoms with Gasteiger partial charge in [-0.25, -0.2) is 15.0 Å². The average Bonchev–Trinajstić information content (AvgIpc) is 3.53. The number of aryl methyl sites for hydroxylation is 1.